The van der Waals surface area contributed by atoms with Gasteiger partial charge in [-0.15, -0.1) is 0 Å². The maximum atomic E-state index is 11.0. The van der Waals surface area contributed by atoms with Crippen molar-refractivity contribution in [3.63, 3.8) is 0 Å². The van der Waals surface area contributed by atoms with Gasteiger partial charge in [0.1, 0.15) is 0 Å². The Morgan fingerprint density at radius 3 is 2.76 bits per heavy atom. The molecule has 0 aliphatic heterocycles. The van der Waals surface area contributed by atoms with Crippen LogP contribution < -0.4 is 0 Å². The molecule has 0 aliphatic rings. The molecule has 1 rings (SSSR count). The van der Waals surface area contributed by atoms with Crippen molar-refractivity contribution in [3.05, 3.63) is 48.0 Å². The Morgan fingerprint density at radius 1 is 1.29 bits per heavy atom. The highest BCUT2D eigenvalue weighted by Gasteiger charge is 2.12. The van der Waals surface area contributed by atoms with Gasteiger partial charge in [-0.3, -0.25) is 4.89 Å². The van der Waals surface area contributed by atoms with E-state index in [1.54, 1.807) is 6.08 Å². The molecular weight excluding hydrogens is 272 g/mol. The van der Waals surface area contributed by atoms with Gasteiger partial charge in [0.2, 0.25) is 0 Å². The average Bonchev–Trinajstić information content (AvgIpc) is 2.51. The molecule has 116 valence electrons. The predicted molar refractivity (Wildman–Crippen MR) is 78.2 cm³/mol. The first kappa shape index (κ1) is 17.4. The molecule has 1 N–H and O–H groups in total. The molecule has 0 radical (unpaired) electrons. The van der Waals surface area contributed by atoms with Gasteiger partial charge in [0.15, 0.2) is 6.10 Å². The van der Waals surface area contributed by atoms with E-state index in [9.17, 15) is 9.90 Å². The second-order valence-corrected chi connectivity index (χ2v) is 4.48. The smallest absolute Gasteiger partial charge is 0.374 e. The zero-order chi connectivity index (χ0) is 15.3. The number of aliphatic hydroxyl groups is 1. The Hall–Kier alpha value is -1.69. The fourth-order valence-electron chi connectivity index (χ4n) is 1.67. The molecule has 0 spiro atoms. The lowest BCUT2D eigenvalue weighted by molar-refractivity contribution is -0.260. The van der Waals surface area contributed by atoms with E-state index >= 15 is 0 Å². The molecule has 5 heteroatoms. The normalized spacial score (nSPS) is 12.5. The molecule has 0 aromatic heterocycles. The number of benzene rings is 1. The fourth-order valence-corrected chi connectivity index (χ4v) is 1.67. The Bertz CT molecular complexity index is 416. The number of unbranched alkanes of at least 4 members (excludes halogenated alkanes) is 2. The van der Waals surface area contributed by atoms with Gasteiger partial charge in [-0.2, -0.15) is 4.89 Å². The highest BCUT2D eigenvalue weighted by Crippen LogP contribution is 2.03. The van der Waals surface area contributed by atoms with Crippen molar-refractivity contribution in [3.8, 4) is 0 Å². The lowest BCUT2D eigenvalue weighted by Crippen LogP contribution is -2.20. The predicted octanol–water partition coefficient (Wildman–Crippen LogP) is 2.40. The Labute approximate surface area is 125 Å². The molecule has 0 fully saturated rings. The number of carbonyl (C=O) groups is 1. The SMILES string of the molecule is COOC(=O)[C@@H](O)/C=C/CCCCOCc1ccccc1. The summed E-state index contributed by atoms with van der Waals surface area (Å²) in [6.07, 6.45) is 4.49. The van der Waals surface area contributed by atoms with Crippen LogP contribution in [0.3, 0.4) is 0 Å². The second kappa shape index (κ2) is 11.0. The van der Waals surface area contributed by atoms with Crippen LogP contribution >= 0.6 is 0 Å². The van der Waals surface area contributed by atoms with E-state index in [0.717, 1.165) is 24.8 Å². The Balaban J connectivity index is 2.00. The minimum Gasteiger partial charge on any atom is -0.377 e. The van der Waals surface area contributed by atoms with Crippen molar-refractivity contribution in [1.29, 1.82) is 0 Å². The molecule has 0 unspecified atom stereocenters. The van der Waals surface area contributed by atoms with Crippen LogP contribution in [-0.4, -0.2) is 30.9 Å². The molecule has 1 aromatic carbocycles. The van der Waals surface area contributed by atoms with Gasteiger partial charge in [-0.05, 0) is 30.9 Å². The summed E-state index contributed by atoms with van der Waals surface area (Å²) in [5, 5.41) is 9.35. The van der Waals surface area contributed by atoms with Crippen LogP contribution in [0.15, 0.2) is 42.5 Å². The van der Waals surface area contributed by atoms with Crippen LogP contribution in [0.2, 0.25) is 0 Å². The first-order valence-corrected chi connectivity index (χ1v) is 6.95. The largest absolute Gasteiger partial charge is 0.377 e. The number of aliphatic hydroxyl groups excluding tert-OH is 1. The van der Waals surface area contributed by atoms with E-state index in [2.05, 4.69) is 9.78 Å². The summed E-state index contributed by atoms with van der Waals surface area (Å²) in [6.45, 7) is 1.31. The van der Waals surface area contributed by atoms with Crippen LogP contribution in [0.25, 0.3) is 0 Å². The van der Waals surface area contributed by atoms with Gasteiger partial charge in [0.25, 0.3) is 0 Å². The van der Waals surface area contributed by atoms with E-state index in [1.165, 1.54) is 13.2 Å². The van der Waals surface area contributed by atoms with E-state index < -0.39 is 12.1 Å². The van der Waals surface area contributed by atoms with Gasteiger partial charge in [-0.1, -0.05) is 36.4 Å². The standard InChI is InChI=1S/C16H22O5/c1-19-21-16(18)15(17)11-7-2-3-8-12-20-13-14-9-5-4-6-10-14/h4-7,9-11,15,17H,2-3,8,12-13H2,1H3/b11-7+/t15-/m0/s1. The number of carbonyl (C=O) groups excluding carboxylic acids is 1. The third-order valence-electron chi connectivity index (χ3n) is 2.75. The van der Waals surface area contributed by atoms with Gasteiger partial charge in [0, 0.05) is 6.61 Å². The summed E-state index contributed by atoms with van der Waals surface area (Å²) in [5.41, 5.74) is 1.16. The lowest BCUT2D eigenvalue weighted by atomic mass is 10.2. The Kier molecular flexibility index (Phi) is 9.11. The van der Waals surface area contributed by atoms with Gasteiger partial charge in [0.05, 0.1) is 13.7 Å². The molecule has 0 amide bonds. The molecule has 0 heterocycles. The van der Waals surface area contributed by atoms with Gasteiger partial charge in [-0.25, -0.2) is 4.79 Å². The third kappa shape index (κ3) is 8.24. The van der Waals surface area contributed by atoms with Crippen LogP contribution in [-0.2, 0) is 25.9 Å². The van der Waals surface area contributed by atoms with Crippen molar-refractivity contribution in [2.24, 2.45) is 0 Å². The molecule has 1 atom stereocenters. The zero-order valence-corrected chi connectivity index (χ0v) is 12.2. The van der Waals surface area contributed by atoms with Gasteiger partial charge >= 0.3 is 5.97 Å². The summed E-state index contributed by atoms with van der Waals surface area (Å²) in [4.78, 5) is 19.4. The number of allylic oxidation sites excluding steroid dienone is 1. The summed E-state index contributed by atoms with van der Waals surface area (Å²) < 4.78 is 5.55. The number of ether oxygens (including phenoxy) is 1. The van der Waals surface area contributed by atoms with Gasteiger partial charge < -0.3 is 9.84 Å². The van der Waals surface area contributed by atoms with Crippen molar-refractivity contribution >= 4 is 5.97 Å². The monoisotopic (exact) mass is 294 g/mol. The summed E-state index contributed by atoms with van der Waals surface area (Å²) in [5.74, 6) is -0.819. The van der Waals surface area contributed by atoms with Crippen molar-refractivity contribution in [2.75, 3.05) is 13.7 Å². The van der Waals surface area contributed by atoms with Crippen LogP contribution in [0.5, 0.6) is 0 Å². The minimum atomic E-state index is -1.28. The Morgan fingerprint density at radius 2 is 2.05 bits per heavy atom. The third-order valence-corrected chi connectivity index (χ3v) is 2.75. The highest BCUT2D eigenvalue weighted by atomic mass is 17.2. The molecule has 0 bridgehead atoms. The van der Waals surface area contributed by atoms with E-state index in [0.29, 0.717) is 13.2 Å². The number of hydrogen-bond donors (Lipinski definition) is 1. The first-order chi connectivity index (χ1) is 10.2. The van der Waals surface area contributed by atoms with E-state index in [-0.39, 0.29) is 0 Å². The molecule has 0 saturated carbocycles. The number of hydrogen-bond acceptors (Lipinski definition) is 5. The topological polar surface area (TPSA) is 65.0 Å². The molecular formula is C16H22O5. The first-order valence-electron chi connectivity index (χ1n) is 6.95. The quantitative estimate of drug-likeness (QED) is 0.311. The average molecular weight is 294 g/mol. The summed E-state index contributed by atoms with van der Waals surface area (Å²) in [7, 11) is 1.21. The molecule has 21 heavy (non-hydrogen) atoms. The number of rotatable bonds is 10. The lowest BCUT2D eigenvalue weighted by Gasteiger charge is -2.04. The van der Waals surface area contributed by atoms with Crippen molar-refractivity contribution in [2.45, 2.75) is 32.0 Å². The minimum absolute atomic E-state index is 0.623. The molecule has 1 aromatic rings. The summed E-state index contributed by atoms with van der Waals surface area (Å²) in [6, 6.07) is 10.0. The van der Waals surface area contributed by atoms with E-state index in [1.807, 2.05) is 30.3 Å². The maximum Gasteiger partial charge on any atom is 0.374 e. The highest BCUT2D eigenvalue weighted by molar-refractivity contribution is 5.75. The maximum absolute atomic E-state index is 11.0. The molecule has 0 aliphatic carbocycles. The molecule has 5 nitrogen and oxygen atoms in total. The van der Waals surface area contributed by atoms with Crippen molar-refractivity contribution in [1.82, 2.24) is 0 Å². The zero-order valence-electron chi connectivity index (χ0n) is 12.2. The van der Waals surface area contributed by atoms with Crippen LogP contribution in [0.1, 0.15) is 24.8 Å². The second-order valence-electron chi connectivity index (χ2n) is 4.48. The van der Waals surface area contributed by atoms with E-state index in [4.69, 9.17) is 4.74 Å². The summed E-state index contributed by atoms with van der Waals surface area (Å²) >= 11 is 0. The van der Waals surface area contributed by atoms with Crippen LogP contribution in [0, 0.1) is 0 Å². The fraction of sp³-hybridized carbons (Fsp3) is 0.438. The van der Waals surface area contributed by atoms with Crippen LogP contribution in [0.4, 0.5) is 0 Å². The molecule has 0 saturated heterocycles. The van der Waals surface area contributed by atoms with Crippen molar-refractivity contribution < 1.29 is 24.4 Å².